The van der Waals surface area contributed by atoms with Crippen molar-refractivity contribution in [3.05, 3.63) is 12.7 Å². The van der Waals surface area contributed by atoms with Gasteiger partial charge in [0.05, 0.1) is 7.11 Å². The summed E-state index contributed by atoms with van der Waals surface area (Å²) in [6.45, 7) is 5.28. The smallest absolute Gasteiger partial charge is 0.352 e. The van der Waals surface area contributed by atoms with Gasteiger partial charge in [-0.15, -0.1) is 0 Å². The summed E-state index contributed by atoms with van der Waals surface area (Å²) in [6, 6.07) is 0. The van der Waals surface area contributed by atoms with Gasteiger partial charge in [-0.1, -0.05) is 13.5 Å². The highest BCUT2D eigenvalue weighted by Gasteiger charge is 2.78. The van der Waals surface area contributed by atoms with Crippen LogP contribution >= 0.6 is 0 Å². The normalized spacial score (nSPS) is 44.1. The number of rotatable bonds is 3. The third-order valence-electron chi connectivity index (χ3n) is 5.01. The molecule has 0 aromatic rings. The highest BCUT2D eigenvalue weighted by atomic mass is 16.6. The van der Waals surface area contributed by atoms with Crippen LogP contribution in [0.25, 0.3) is 0 Å². The minimum absolute atomic E-state index is 0.0612. The van der Waals surface area contributed by atoms with Gasteiger partial charge in [-0.05, 0) is 18.3 Å². The summed E-state index contributed by atoms with van der Waals surface area (Å²) >= 11 is 0. The van der Waals surface area contributed by atoms with Crippen LogP contribution in [0.15, 0.2) is 12.7 Å². The van der Waals surface area contributed by atoms with E-state index in [2.05, 4.69) is 6.58 Å². The molecule has 1 aliphatic heterocycles. The van der Waals surface area contributed by atoms with Crippen LogP contribution < -0.4 is 0 Å². The predicted octanol–water partition coefficient (Wildman–Crippen LogP) is 0.455. The SMILES string of the molecule is C=CC(=O)OC12C(=O)OC3C(C)C(CC31)C2C(=O)OC. The molecule has 0 N–H and O–H groups in total. The predicted molar refractivity (Wildman–Crippen MR) is 65.2 cm³/mol. The van der Waals surface area contributed by atoms with Gasteiger partial charge in [-0.2, -0.15) is 0 Å². The maximum absolute atomic E-state index is 12.3. The second kappa shape index (κ2) is 4.07. The van der Waals surface area contributed by atoms with E-state index in [0.717, 1.165) is 6.08 Å². The molecule has 2 aliphatic carbocycles. The van der Waals surface area contributed by atoms with Gasteiger partial charge >= 0.3 is 17.9 Å². The highest BCUT2D eigenvalue weighted by Crippen LogP contribution is 2.64. The van der Waals surface area contributed by atoms with Crippen molar-refractivity contribution in [2.24, 2.45) is 23.7 Å². The summed E-state index contributed by atoms with van der Waals surface area (Å²) in [5.41, 5.74) is -1.53. The van der Waals surface area contributed by atoms with Gasteiger partial charge in [0.2, 0.25) is 5.60 Å². The van der Waals surface area contributed by atoms with Crippen LogP contribution in [0.3, 0.4) is 0 Å². The number of hydrogen-bond donors (Lipinski definition) is 0. The highest BCUT2D eigenvalue weighted by molar-refractivity contribution is 5.95. The van der Waals surface area contributed by atoms with Crippen LogP contribution in [0.2, 0.25) is 0 Å². The molecule has 0 radical (unpaired) electrons. The first-order valence-corrected chi connectivity index (χ1v) is 6.61. The first-order valence-electron chi connectivity index (χ1n) is 6.61. The van der Waals surface area contributed by atoms with Crippen molar-refractivity contribution < 1.29 is 28.6 Å². The Bertz CT molecular complexity index is 512. The zero-order chi connectivity index (χ0) is 14.7. The molecular weight excluding hydrogens is 264 g/mol. The van der Waals surface area contributed by atoms with Crippen LogP contribution in [0, 0.1) is 23.7 Å². The van der Waals surface area contributed by atoms with Gasteiger partial charge in [-0.3, -0.25) is 4.79 Å². The Hall–Kier alpha value is -1.85. The van der Waals surface area contributed by atoms with E-state index in [-0.39, 0.29) is 23.9 Å². The van der Waals surface area contributed by atoms with E-state index in [1.807, 2.05) is 6.92 Å². The molecule has 3 fully saturated rings. The molecule has 0 spiro atoms. The Balaban J connectivity index is 2.07. The summed E-state index contributed by atoms with van der Waals surface area (Å²) in [6.07, 6.45) is 1.33. The van der Waals surface area contributed by atoms with Crippen LogP contribution in [0.5, 0.6) is 0 Å². The monoisotopic (exact) mass is 280 g/mol. The van der Waals surface area contributed by atoms with Crippen LogP contribution in [0.4, 0.5) is 0 Å². The molecule has 3 rings (SSSR count). The molecule has 6 unspecified atom stereocenters. The lowest BCUT2D eigenvalue weighted by atomic mass is 9.71. The van der Waals surface area contributed by atoms with Gasteiger partial charge < -0.3 is 14.2 Å². The third kappa shape index (κ3) is 1.31. The topological polar surface area (TPSA) is 78.9 Å². The Morgan fingerprint density at radius 1 is 1.50 bits per heavy atom. The van der Waals surface area contributed by atoms with Crippen LogP contribution in [-0.4, -0.2) is 36.7 Å². The van der Waals surface area contributed by atoms with E-state index < -0.39 is 29.4 Å². The van der Waals surface area contributed by atoms with Crippen molar-refractivity contribution in [3.63, 3.8) is 0 Å². The van der Waals surface area contributed by atoms with Gasteiger partial charge in [0, 0.05) is 12.0 Å². The quantitative estimate of drug-likeness (QED) is 0.424. The van der Waals surface area contributed by atoms with Gasteiger partial charge in [-0.25, -0.2) is 9.59 Å². The second-order valence-corrected chi connectivity index (χ2v) is 5.65. The zero-order valence-electron chi connectivity index (χ0n) is 11.3. The number of esters is 3. The molecule has 3 aliphatic rings. The number of carbonyl (C=O) groups excluding carboxylic acids is 3. The third-order valence-corrected chi connectivity index (χ3v) is 5.01. The summed E-state index contributed by atoms with van der Waals surface area (Å²) in [5.74, 6) is -2.96. The van der Waals surface area contributed by atoms with Crippen molar-refractivity contribution in [2.75, 3.05) is 7.11 Å². The Morgan fingerprint density at radius 2 is 2.20 bits per heavy atom. The van der Waals surface area contributed by atoms with Crippen molar-refractivity contribution in [2.45, 2.75) is 25.0 Å². The second-order valence-electron chi connectivity index (χ2n) is 5.65. The average Bonchev–Trinajstić information content (AvgIpc) is 2.99. The summed E-state index contributed by atoms with van der Waals surface area (Å²) in [5, 5.41) is 0. The molecule has 6 atom stereocenters. The van der Waals surface area contributed by atoms with E-state index >= 15 is 0 Å². The zero-order valence-corrected chi connectivity index (χ0v) is 11.3. The van der Waals surface area contributed by atoms with Crippen molar-refractivity contribution >= 4 is 17.9 Å². The molecule has 20 heavy (non-hydrogen) atoms. The van der Waals surface area contributed by atoms with Crippen molar-refractivity contribution in [3.8, 4) is 0 Å². The van der Waals surface area contributed by atoms with Crippen molar-refractivity contribution in [1.82, 2.24) is 0 Å². The summed E-state index contributed by atoms with van der Waals surface area (Å²) in [4.78, 5) is 36.0. The van der Waals surface area contributed by atoms with Crippen LogP contribution in [-0.2, 0) is 28.6 Å². The van der Waals surface area contributed by atoms with Gasteiger partial charge in [0.1, 0.15) is 12.0 Å². The fourth-order valence-corrected chi connectivity index (χ4v) is 4.21. The number of fused-ring (bicyclic) bond motifs is 1. The Labute approximate surface area is 116 Å². The first-order chi connectivity index (χ1) is 9.47. The molecule has 1 saturated heterocycles. The van der Waals surface area contributed by atoms with Crippen LogP contribution in [0.1, 0.15) is 13.3 Å². The summed E-state index contributed by atoms with van der Waals surface area (Å²) < 4.78 is 15.5. The molecule has 108 valence electrons. The maximum Gasteiger partial charge on any atom is 0.352 e. The van der Waals surface area contributed by atoms with Gasteiger partial charge in [0.25, 0.3) is 0 Å². The van der Waals surface area contributed by atoms with Crippen molar-refractivity contribution in [1.29, 1.82) is 0 Å². The number of ether oxygens (including phenoxy) is 3. The molecule has 0 aromatic heterocycles. The fourth-order valence-electron chi connectivity index (χ4n) is 4.21. The first kappa shape index (κ1) is 13.1. The Morgan fingerprint density at radius 3 is 2.80 bits per heavy atom. The molecule has 6 nitrogen and oxygen atoms in total. The van der Waals surface area contributed by atoms with Gasteiger partial charge in [0.15, 0.2) is 0 Å². The number of methoxy groups -OCH3 is 1. The molecule has 0 amide bonds. The maximum atomic E-state index is 12.3. The molecule has 2 saturated carbocycles. The molecule has 6 heteroatoms. The minimum atomic E-state index is -1.53. The number of hydrogen-bond acceptors (Lipinski definition) is 6. The lowest BCUT2D eigenvalue weighted by molar-refractivity contribution is -0.183. The fraction of sp³-hybridized carbons (Fsp3) is 0.643. The molecule has 1 heterocycles. The van der Waals surface area contributed by atoms with E-state index in [4.69, 9.17) is 14.2 Å². The largest absolute Gasteiger partial charge is 0.469 e. The lowest BCUT2D eigenvalue weighted by Gasteiger charge is -2.35. The van der Waals surface area contributed by atoms with E-state index in [1.165, 1.54) is 7.11 Å². The summed E-state index contributed by atoms with van der Waals surface area (Å²) in [7, 11) is 1.26. The van der Waals surface area contributed by atoms with E-state index in [0.29, 0.717) is 6.42 Å². The molecule has 0 aromatic carbocycles. The van der Waals surface area contributed by atoms with E-state index in [1.54, 1.807) is 0 Å². The molecule has 2 bridgehead atoms. The average molecular weight is 280 g/mol. The Kier molecular flexibility index (Phi) is 2.68. The molecular formula is C14H16O6. The number of carbonyl (C=O) groups is 3. The minimum Gasteiger partial charge on any atom is -0.469 e. The van der Waals surface area contributed by atoms with E-state index in [9.17, 15) is 14.4 Å². The lowest BCUT2D eigenvalue weighted by Crippen LogP contribution is -2.55. The standard InChI is InChI=1S/C14H16O6/c1-4-9(15)20-14-8-5-7(10(14)12(16)18-3)6(2)11(8)19-13(14)17/h4,6-8,10-11H,1,5H2,2-3H3.